The van der Waals surface area contributed by atoms with Gasteiger partial charge >= 0.3 is 0 Å². The Kier molecular flexibility index (Phi) is 3.97. The van der Waals surface area contributed by atoms with Crippen molar-refractivity contribution in [3.05, 3.63) is 29.8 Å². The lowest BCUT2D eigenvalue weighted by Crippen LogP contribution is -2.40. The van der Waals surface area contributed by atoms with Crippen molar-refractivity contribution in [2.75, 3.05) is 13.1 Å². The van der Waals surface area contributed by atoms with Crippen molar-refractivity contribution in [2.24, 2.45) is 0 Å². The number of nitrogens with zero attached hydrogens (tertiary/aromatic N) is 1. The van der Waals surface area contributed by atoms with Gasteiger partial charge in [0.1, 0.15) is 18.1 Å². The number of benzene rings is 1. The first-order chi connectivity index (χ1) is 8.69. The number of hydrogen-bond donors (Lipinski definition) is 0. The number of piperidine rings is 1. The molecule has 1 fully saturated rings. The van der Waals surface area contributed by atoms with Crippen LogP contribution in [-0.4, -0.2) is 36.3 Å². The molecule has 0 unspecified atom stereocenters. The summed E-state index contributed by atoms with van der Waals surface area (Å²) in [6.45, 7) is 3.11. The van der Waals surface area contributed by atoms with Crippen LogP contribution in [0.3, 0.4) is 0 Å². The van der Waals surface area contributed by atoms with Gasteiger partial charge < -0.3 is 9.64 Å². The van der Waals surface area contributed by atoms with Crippen molar-refractivity contribution >= 4 is 12.2 Å². The Labute approximate surface area is 107 Å². The Hall–Kier alpha value is -1.84. The molecule has 1 amide bonds. The first-order valence-corrected chi connectivity index (χ1v) is 6.16. The molecule has 96 valence electrons. The van der Waals surface area contributed by atoms with Gasteiger partial charge in [-0.05, 0) is 24.3 Å². The first kappa shape index (κ1) is 12.6. The van der Waals surface area contributed by atoms with Crippen LogP contribution in [0.2, 0.25) is 0 Å². The minimum atomic E-state index is 0.129. The van der Waals surface area contributed by atoms with Gasteiger partial charge in [-0.15, -0.1) is 0 Å². The molecule has 1 saturated heterocycles. The Balaban J connectivity index is 1.87. The number of rotatable bonds is 3. The van der Waals surface area contributed by atoms with E-state index in [1.165, 1.54) is 0 Å². The van der Waals surface area contributed by atoms with Crippen LogP contribution in [0.1, 0.15) is 30.1 Å². The molecule has 0 atom stereocenters. The van der Waals surface area contributed by atoms with E-state index in [9.17, 15) is 9.59 Å². The van der Waals surface area contributed by atoms with E-state index >= 15 is 0 Å². The minimum absolute atomic E-state index is 0.129. The zero-order valence-electron chi connectivity index (χ0n) is 10.5. The molecule has 1 aliphatic rings. The molecule has 1 aromatic rings. The van der Waals surface area contributed by atoms with Crippen molar-refractivity contribution in [3.8, 4) is 5.75 Å². The summed E-state index contributed by atoms with van der Waals surface area (Å²) in [6.07, 6.45) is 2.68. The molecule has 0 aromatic heterocycles. The van der Waals surface area contributed by atoms with Crippen LogP contribution in [0.15, 0.2) is 24.3 Å². The van der Waals surface area contributed by atoms with Crippen LogP contribution >= 0.6 is 0 Å². The third-order valence-electron chi connectivity index (χ3n) is 3.21. The molecule has 0 N–H and O–H groups in total. The monoisotopic (exact) mass is 247 g/mol. The fourth-order valence-electron chi connectivity index (χ4n) is 2.11. The highest BCUT2D eigenvalue weighted by molar-refractivity contribution is 5.74. The number of likely N-dealkylation sites (tertiary alicyclic amines) is 1. The average Bonchev–Trinajstić information content (AvgIpc) is 2.40. The highest BCUT2D eigenvalue weighted by atomic mass is 16.5. The molecule has 0 saturated carbocycles. The summed E-state index contributed by atoms with van der Waals surface area (Å²) in [4.78, 5) is 23.6. The van der Waals surface area contributed by atoms with Crippen LogP contribution in [0.5, 0.6) is 5.75 Å². The lowest BCUT2D eigenvalue weighted by molar-refractivity contribution is -0.130. The fraction of sp³-hybridized carbons (Fsp3) is 0.429. The Morgan fingerprint density at radius 1 is 1.28 bits per heavy atom. The maximum absolute atomic E-state index is 11.2. The second kappa shape index (κ2) is 5.67. The molecule has 0 aliphatic carbocycles. The van der Waals surface area contributed by atoms with Crippen LogP contribution < -0.4 is 4.74 Å². The van der Waals surface area contributed by atoms with Crippen LogP contribution in [0, 0.1) is 0 Å². The number of hydrogen-bond acceptors (Lipinski definition) is 3. The second-order valence-corrected chi connectivity index (χ2v) is 4.51. The first-order valence-electron chi connectivity index (χ1n) is 6.16. The lowest BCUT2D eigenvalue weighted by atomic mass is 10.1. The highest BCUT2D eigenvalue weighted by Gasteiger charge is 2.21. The second-order valence-electron chi connectivity index (χ2n) is 4.51. The number of carbonyl (C=O) groups is 2. The molecular formula is C14H17NO3. The number of carbonyl (C=O) groups excluding carboxylic acids is 2. The quantitative estimate of drug-likeness (QED) is 0.766. The van der Waals surface area contributed by atoms with Crippen molar-refractivity contribution in [3.63, 3.8) is 0 Å². The van der Waals surface area contributed by atoms with E-state index in [0.29, 0.717) is 5.56 Å². The van der Waals surface area contributed by atoms with Crippen molar-refractivity contribution < 1.29 is 14.3 Å². The average molecular weight is 247 g/mol. The summed E-state index contributed by atoms with van der Waals surface area (Å²) < 4.78 is 5.83. The van der Waals surface area contributed by atoms with Crippen LogP contribution in [0.4, 0.5) is 0 Å². The van der Waals surface area contributed by atoms with Gasteiger partial charge in [0.05, 0.1) is 0 Å². The van der Waals surface area contributed by atoms with Gasteiger partial charge in [-0.1, -0.05) is 0 Å². The van der Waals surface area contributed by atoms with Crippen molar-refractivity contribution in [1.29, 1.82) is 0 Å². The van der Waals surface area contributed by atoms with E-state index in [4.69, 9.17) is 4.74 Å². The normalized spacial score (nSPS) is 16.4. The fourth-order valence-corrected chi connectivity index (χ4v) is 2.11. The van der Waals surface area contributed by atoms with Gasteiger partial charge in [-0.25, -0.2) is 0 Å². The summed E-state index contributed by atoms with van der Waals surface area (Å²) in [7, 11) is 0. The van der Waals surface area contributed by atoms with E-state index in [1.54, 1.807) is 31.2 Å². The molecular weight excluding hydrogens is 230 g/mol. The number of amides is 1. The molecule has 4 nitrogen and oxygen atoms in total. The number of ether oxygens (including phenoxy) is 1. The topological polar surface area (TPSA) is 46.6 Å². The molecule has 4 heteroatoms. The summed E-state index contributed by atoms with van der Waals surface area (Å²) in [5.74, 6) is 0.908. The molecule has 18 heavy (non-hydrogen) atoms. The molecule has 0 spiro atoms. The van der Waals surface area contributed by atoms with E-state index in [2.05, 4.69) is 0 Å². The SMILES string of the molecule is CC(=O)N1CCC(Oc2ccc(C=O)cc2)CC1. The van der Waals surface area contributed by atoms with E-state index in [1.807, 2.05) is 4.90 Å². The Morgan fingerprint density at radius 3 is 2.39 bits per heavy atom. The van der Waals surface area contributed by atoms with Gasteiger partial charge in [0, 0.05) is 38.4 Å². The van der Waals surface area contributed by atoms with Crippen LogP contribution in [-0.2, 0) is 4.79 Å². The summed E-state index contributed by atoms with van der Waals surface area (Å²) in [5.41, 5.74) is 0.647. The van der Waals surface area contributed by atoms with Gasteiger partial charge in [0.2, 0.25) is 5.91 Å². The standard InChI is InChI=1S/C14H17NO3/c1-11(17)15-8-6-14(7-9-15)18-13-4-2-12(10-16)3-5-13/h2-5,10,14H,6-9H2,1H3. The predicted molar refractivity (Wildman–Crippen MR) is 67.7 cm³/mol. The van der Waals surface area contributed by atoms with Crippen molar-refractivity contribution in [1.82, 2.24) is 4.90 Å². The van der Waals surface area contributed by atoms with Gasteiger partial charge in [0.25, 0.3) is 0 Å². The maximum atomic E-state index is 11.2. The van der Waals surface area contributed by atoms with E-state index in [-0.39, 0.29) is 12.0 Å². The van der Waals surface area contributed by atoms with E-state index in [0.717, 1.165) is 38.0 Å². The third-order valence-corrected chi connectivity index (χ3v) is 3.21. The smallest absolute Gasteiger partial charge is 0.219 e. The Morgan fingerprint density at radius 2 is 1.89 bits per heavy atom. The molecule has 1 heterocycles. The Bertz CT molecular complexity index is 419. The molecule has 0 radical (unpaired) electrons. The summed E-state index contributed by atoms with van der Waals surface area (Å²) in [6, 6.07) is 7.10. The molecule has 1 aromatic carbocycles. The summed E-state index contributed by atoms with van der Waals surface area (Å²) >= 11 is 0. The lowest BCUT2D eigenvalue weighted by Gasteiger charge is -2.31. The van der Waals surface area contributed by atoms with Gasteiger partial charge in [-0.2, -0.15) is 0 Å². The zero-order chi connectivity index (χ0) is 13.0. The number of aldehydes is 1. The minimum Gasteiger partial charge on any atom is -0.490 e. The van der Waals surface area contributed by atoms with Gasteiger partial charge in [0.15, 0.2) is 0 Å². The maximum Gasteiger partial charge on any atom is 0.219 e. The van der Waals surface area contributed by atoms with Crippen LogP contribution in [0.25, 0.3) is 0 Å². The van der Waals surface area contributed by atoms with Crippen molar-refractivity contribution in [2.45, 2.75) is 25.9 Å². The molecule has 2 rings (SSSR count). The highest BCUT2D eigenvalue weighted by Crippen LogP contribution is 2.19. The predicted octanol–water partition coefficient (Wildman–Crippen LogP) is 1.89. The summed E-state index contributed by atoms with van der Waals surface area (Å²) in [5, 5.41) is 0. The zero-order valence-corrected chi connectivity index (χ0v) is 10.5. The molecule has 1 aliphatic heterocycles. The molecule has 0 bridgehead atoms. The van der Waals surface area contributed by atoms with Gasteiger partial charge in [-0.3, -0.25) is 9.59 Å². The largest absolute Gasteiger partial charge is 0.490 e. The third kappa shape index (κ3) is 3.09. The van der Waals surface area contributed by atoms with E-state index < -0.39 is 0 Å².